The van der Waals surface area contributed by atoms with E-state index in [0.717, 1.165) is 18.4 Å². The van der Waals surface area contributed by atoms with Gasteiger partial charge in [-0.1, -0.05) is 22.4 Å². The van der Waals surface area contributed by atoms with Crippen molar-refractivity contribution >= 4 is 35.6 Å². The summed E-state index contributed by atoms with van der Waals surface area (Å²) in [6.07, 6.45) is 10.7. The van der Waals surface area contributed by atoms with Crippen molar-refractivity contribution in [2.75, 3.05) is 24.0 Å². The van der Waals surface area contributed by atoms with Crippen molar-refractivity contribution in [2.45, 2.75) is 69.7 Å². The summed E-state index contributed by atoms with van der Waals surface area (Å²) in [4.78, 5) is 55.1. The fourth-order valence-electron chi connectivity index (χ4n) is 6.98. The monoisotopic (exact) mass is 1020 g/mol. The summed E-state index contributed by atoms with van der Waals surface area (Å²) >= 11 is 0. The molecule has 2 aliphatic carbocycles. The summed E-state index contributed by atoms with van der Waals surface area (Å²) in [5.41, 5.74) is 7.17. The second kappa shape index (κ2) is 23.7. The molecule has 72 heavy (non-hydrogen) atoms. The van der Waals surface area contributed by atoms with Gasteiger partial charge in [-0.2, -0.15) is 31.4 Å². The topological polar surface area (TPSA) is 305 Å². The van der Waals surface area contributed by atoms with Crippen molar-refractivity contribution < 1.29 is 93.1 Å². The van der Waals surface area contributed by atoms with Crippen LogP contribution in [0.25, 0.3) is 22.8 Å². The Morgan fingerprint density at radius 3 is 1.65 bits per heavy atom. The average Bonchev–Trinajstić information content (AvgIpc) is 4.02. The average molecular weight is 1020 g/mol. The van der Waals surface area contributed by atoms with E-state index >= 15 is 4.39 Å². The van der Waals surface area contributed by atoms with Gasteiger partial charge >= 0.3 is 51.4 Å². The van der Waals surface area contributed by atoms with Crippen LogP contribution in [0, 0.1) is 25.5 Å². The number of rotatable bonds is 16. The normalized spacial score (nSPS) is 13.5. The molecule has 0 aliphatic heterocycles. The second-order valence-electron chi connectivity index (χ2n) is 16.6. The number of nitrogens with zero attached hydrogens (tertiary/aromatic N) is 14. The fraction of sp³-hybridized carbons (Fsp3) is 0.333. The third-order valence-corrected chi connectivity index (χ3v) is 11.7. The summed E-state index contributed by atoms with van der Waals surface area (Å²) in [6, 6.07) is 10.3. The largest absolute Gasteiger partial charge is 1.00 e. The molecule has 6 heterocycles. The summed E-state index contributed by atoms with van der Waals surface area (Å²) in [5.74, 6) is 1.06. The number of Topliss-reactive ketones (excluding diaryl/α,β-unsaturated/α-hetero) is 1. The maximum atomic E-state index is 15.2. The Kier molecular flexibility index (Phi) is 18.0. The molecule has 6 aromatic heterocycles. The maximum Gasteiger partial charge on any atom is 1.00 e. The molecule has 22 nitrogen and oxygen atoms in total. The molecule has 8 aromatic rings. The molecule has 370 valence electrons. The van der Waals surface area contributed by atoms with Crippen LogP contribution in [-0.4, -0.2) is 101 Å². The molecular formula is C45H45F4KN17O5-. The van der Waals surface area contributed by atoms with Crippen LogP contribution in [-0.2, 0) is 42.7 Å². The Bertz CT molecular complexity index is 3160. The minimum absolute atomic E-state index is 0. The van der Waals surface area contributed by atoms with Crippen molar-refractivity contribution in [3.63, 3.8) is 0 Å². The SMILES string of the molecule is Cc1c(CCC(=O)c2nc(C3(CF)CC3)no2)ccc(-c2ncnc(Nc3ccn(C)n3)n2)c1F.Cc1c(CN)ccc(-c2ncnc(Nc3ccn(C)n3)n2)c1F.O=[C-]c1nc(C2(CF)CC2)no1.[K+].[OH-]. The first-order valence-corrected chi connectivity index (χ1v) is 21.7. The zero-order chi connectivity index (χ0) is 49.6. The molecule has 0 amide bonds. The third-order valence-electron chi connectivity index (χ3n) is 11.7. The first-order valence-electron chi connectivity index (χ1n) is 21.7. The molecule has 0 radical (unpaired) electrons. The number of nitrogens with one attached hydrogen (secondary N) is 2. The molecule has 0 atom stereocenters. The molecule has 27 heteroatoms. The number of aryl methyl sites for hydroxylation is 3. The van der Waals surface area contributed by atoms with Gasteiger partial charge in [0.15, 0.2) is 34.9 Å². The van der Waals surface area contributed by atoms with E-state index in [4.69, 9.17) is 10.3 Å². The molecule has 0 unspecified atom stereocenters. The van der Waals surface area contributed by atoms with E-state index in [1.54, 1.807) is 86.1 Å². The van der Waals surface area contributed by atoms with Gasteiger partial charge in [0.1, 0.15) is 43.5 Å². The van der Waals surface area contributed by atoms with Crippen LogP contribution >= 0.6 is 0 Å². The van der Waals surface area contributed by atoms with Crippen LogP contribution in [0.15, 0.2) is 70.5 Å². The molecule has 2 aromatic carbocycles. The van der Waals surface area contributed by atoms with Crippen LogP contribution in [0.4, 0.5) is 41.1 Å². The van der Waals surface area contributed by atoms with Gasteiger partial charge in [-0.25, -0.2) is 42.5 Å². The predicted octanol–water partition coefficient (Wildman–Crippen LogP) is 2.94. The number of anilines is 4. The zero-order valence-electron chi connectivity index (χ0n) is 39.6. The summed E-state index contributed by atoms with van der Waals surface area (Å²) < 4.78 is 68.2. The molecule has 5 N–H and O–H groups in total. The number of carbonyl (C=O) groups is 1. The minimum atomic E-state index is -0.695. The van der Waals surface area contributed by atoms with E-state index in [1.165, 1.54) is 18.9 Å². The zero-order valence-corrected chi connectivity index (χ0v) is 42.7. The van der Waals surface area contributed by atoms with Gasteiger partial charge in [0.05, 0.1) is 22.0 Å². The third kappa shape index (κ3) is 12.5. The predicted molar refractivity (Wildman–Crippen MR) is 243 cm³/mol. The minimum Gasteiger partial charge on any atom is -0.870 e. The smallest absolute Gasteiger partial charge is 0.870 e. The Balaban J connectivity index is 0.000000196. The van der Waals surface area contributed by atoms with Crippen LogP contribution in [0.5, 0.6) is 0 Å². The number of hydrogen-bond acceptors (Lipinski definition) is 20. The quantitative estimate of drug-likeness (QED) is 0.0542. The van der Waals surface area contributed by atoms with Gasteiger partial charge < -0.3 is 35.7 Å². The second-order valence-corrected chi connectivity index (χ2v) is 16.6. The molecule has 2 aliphatic rings. The van der Waals surface area contributed by atoms with Crippen LogP contribution in [0.2, 0.25) is 0 Å². The maximum absolute atomic E-state index is 15.2. The number of carbonyl (C=O) groups excluding carboxylic acids is 2. The van der Waals surface area contributed by atoms with Gasteiger partial charge in [-0.05, 0) is 80.3 Å². The van der Waals surface area contributed by atoms with Gasteiger partial charge in [0, 0.05) is 51.6 Å². The van der Waals surface area contributed by atoms with Gasteiger partial charge in [0.25, 0.3) is 5.89 Å². The van der Waals surface area contributed by atoms with Crippen LogP contribution in [0.3, 0.4) is 0 Å². The van der Waals surface area contributed by atoms with Gasteiger partial charge in [-0.15, -0.1) is 0 Å². The Hall–Kier alpha value is -6.62. The van der Waals surface area contributed by atoms with Crippen molar-refractivity contribution in [1.29, 1.82) is 0 Å². The standard InChI is InChI=1S/C23H22F2N8O2.C15H16FN7.C7H6FN2O2.K.H2O/c1-13-14(4-6-16(34)20-30-21(32-35-20)23(11-24)8-9-23)3-5-15(18(13)25)19-26-12-27-22(29-19)28-17-7-10-33(2)31-17;1-9-10(7-17)3-4-11(13(9)16)14-18-8-19-15(21-14)20-12-5-6-23(2)22-12;8-4-7(1-2-7)6-9-5(3-11)12-10-6;;/h3,5,7,10,12H,4,6,8-9,11H2,1-2H3,(H,26,27,28,29,31);3-6,8H,7,17H2,1-2H3,(H,18,19,20,21,22);1-2,4H2;;1H2/q;;-1;+1;/p-1. The molecule has 2 fully saturated rings. The van der Waals surface area contributed by atoms with E-state index in [1.807, 2.05) is 0 Å². The number of hydrogen-bond donors (Lipinski definition) is 3. The van der Waals surface area contributed by atoms with Crippen molar-refractivity contribution in [2.24, 2.45) is 19.8 Å². The van der Waals surface area contributed by atoms with Gasteiger partial charge in [-0.3, -0.25) is 14.2 Å². The first-order chi connectivity index (χ1) is 33.8. The van der Waals surface area contributed by atoms with Crippen molar-refractivity contribution in [3.8, 4) is 22.8 Å². The first kappa shape index (κ1) is 54.7. The van der Waals surface area contributed by atoms with E-state index in [2.05, 4.69) is 75.5 Å². The number of ketones is 1. The Morgan fingerprint density at radius 1 is 0.722 bits per heavy atom. The van der Waals surface area contributed by atoms with E-state index < -0.39 is 30.0 Å². The Labute approximate surface area is 450 Å². The molecular weight excluding hydrogens is 974 g/mol. The van der Waals surface area contributed by atoms with E-state index in [0.29, 0.717) is 58.5 Å². The summed E-state index contributed by atoms with van der Waals surface area (Å²) in [6.45, 7) is 2.54. The Morgan fingerprint density at radius 2 is 1.21 bits per heavy atom. The number of halogens is 4. The molecule has 0 bridgehead atoms. The summed E-state index contributed by atoms with van der Waals surface area (Å²) in [5, 5.41) is 21.6. The number of aromatic nitrogens is 14. The number of nitrogens with two attached hydrogens (primary N) is 1. The summed E-state index contributed by atoms with van der Waals surface area (Å²) in [7, 11) is 3.59. The molecule has 10 rings (SSSR count). The van der Waals surface area contributed by atoms with Crippen molar-refractivity contribution in [3.05, 3.63) is 119 Å². The number of alkyl halides is 2. The van der Waals surface area contributed by atoms with Crippen LogP contribution in [0.1, 0.15) is 82.6 Å². The molecule has 0 spiro atoms. The fourth-order valence-corrected chi connectivity index (χ4v) is 6.98. The molecule has 0 saturated heterocycles. The van der Waals surface area contributed by atoms with Gasteiger partial charge in [0.2, 0.25) is 17.7 Å². The molecule has 2 saturated carbocycles. The van der Waals surface area contributed by atoms with E-state index in [9.17, 15) is 22.8 Å². The van der Waals surface area contributed by atoms with E-state index in [-0.39, 0.29) is 129 Å². The van der Waals surface area contributed by atoms with Crippen molar-refractivity contribution in [1.82, 2.24) is 69.7 Å². The number of benzene rings is 2. The van der Waals surface area contributed by atoms with Crippen LogP contribution < -0.4 is 67.8 Å².